The molecule has 0 N–H and O–H groups in total. The Kier molecular flexibility index (Phi) is 16.4. The Bertz CT molecular complexity index is 330. The second-order valence-corrected chi connectivity index (χ2v) is 4.96. The molecule has 23 heavy (non-hydrogen) atoms. The van der Waals surface area contributed by atoms with E-state index in [-0.39, 0.29) is 25.7 Å². The van der Waals surface area contributed by atoms with Gasteiger partial charge in [0.1, 0.15) is 0 Å². The van der Waals surface area contributed by atoms with Crippen molar-refractivity contribution in [1.82, 2.24) is 0 Å². The third-order valence-corrected chi connectivity index (χ3v) is 2.77. The highest BCUT2D eigenvalue weighted by atomic mass is 16.4. The smallest absolute Gasteiger partial charge is 0.0414 e. The zero-order chi connectivity index (χ0) is 18.1. The molecule has 0 saturated carbocycles. The van der Waals surface area contributed by atoms with Crippen molar-refractivity contribution in [3.8, 4) is 0 Å². The first-order chi connectivity index (χ1) is 10.8. The van der Waals surface area contributed by atoms with Crippen LogP contribution in [0.15, 0.2) is 0 Å². The first-order valence-electron chi connectivity index (χ1n) is 7.55. The molecule has 0 atom stereocenters. The molecule has 0 aromatic heterocycles. The minimum atomic E-state index is -1.14. The van der Waals surface area contributed by atoms with Crippen LogP contribution in [0.3, 0.4) is 0 Å². The fraction of sp³-hybridized carbons (Fsp3) is 0.733. The number of unbranched alkanes of at least 4 members (excludes halogenated alkanes) is 5. The molecule has 0 rings (SSSR count). The van der Waals surface area contributed by atoms with Crippen LogP contribution in [-0.2, 0) is 19.2 Å². The van der Waals surface area contributed by atoms with Crippen LogP contribution in [0, 0.1) is 0 Å². The lowest BCUT2D eigenvalue weighted by molar-refractivity contribution is -0.308. The SMILES string of the molecule is O=C([O-])CCCCC(=O)[O-].O=C([O-])CCCCCCCC(=O)[O-]. The largest absolute Gasteiger partial charge is 0.550 e. The zero-order valence-corrected chi connectivity index (χ0v) is 13.0. The van der Waals surface area contributed by atoms with Gasteiger partial charge in [0, 0.05) is 23.9 Å². The summed E-state index contributed by atoms with van der Waals surface area (Å²) in [4.78, 5) is 39.5. The number of carbonyl (C=O) groups excluding carboxylic acids is 4. The normalized spacial score (nSPS) is 9.57. The van der Waals surface area contributed by atoms with Gasteiger partial charge < -0.3 is 39.6 Å². The van der Waals surface area contributed by atoms with Crippen molar-refractivity contribution < 1.29 is 39.6 Å². The topological polar surface area (TPSA) is 161 Å². The van der Waals surface area contributed by atoms with Crippen molar-refractivity contribution in [3.63, 3.8) is 0 Å². The Hall–Kier alpha value is -2.12. The van der Waals surface area contributed by atoms with Gasteiger partial charge in [-0.3, -0.25) is 0 Å². The van der Waals surface area contributed by atoms with Crippen molar-refractivity contribution in [2.24, 2.45) is 0 Å². The Morgan fingerprint density at radius 2 is 0.565 bits per heavy atom. The summed E-state index contributed by atoms with van der Waals surface area (Å²) in [6, 6.07) is 0. The molecule has 134 valence electrons. The summed E-state index contributed by atoms with van der Waals surface area (Å²) < 4.78 is 0. The average Bonchev–Trinajstić information content (AvgIpc) is 2.42. The number of rotatable bonds is 13. The van der Waals surface area contributed by atoms with E-state index in [1.807, 2.05) is 0 Å². The molecule has 0 radical (unpaired) electrons. The van der Waals surface area contributed by atoms with Crippen LogP contribution in [0.1, 0.15) is 70.6 Å². The van der Waals surface area contributed by atoms with Crippen molar-refractivity contribution in [1.29, 1.82) is 0 Å². The molecule has 0 amide bonds. The highest BCUT2D eigenvalue weighted by Gasteiger charge is 1.92. The van der Waals surface area contributed by atoms with Gasteiger partial charge in [-0.1, -0.05) is 19.3 Å². The maximum atomic E-state index is 9.98. The molecule has 0 aliphatic carbocycles. The summed E-state index contributed by atoms with van der Waals surface area (Å²) in [5, 5.41) is 39.5. The van der Waals surface area contributed by atoms with Gasteiger partial charge >= 0.3 is 0 Å². The van der Waals surface area contributed by atoms with Crippen LogP contribution in [-0.4, -0.2) is 23.9 Å². The lowest BCUT2D eigenvalue weighted by atomic mass is 10.1. The minimum absolute atomic E-state index is 0.0761. The van der Waals surface area contributed by atoms with Crippen molar-refractivity contribution >= 4 is 23.9 Å². The lowest BCUT2D eigenvalue weighted by Gasteiger charge is -2.03. The molecule has 8 heteroatoms. The van der Waals surface area contributed by atoms with E-state index in [1.54, 1.807) is 0 Å². The molecule has 0 unspecified atom stereocenters. The second kappa shape index (κ2) is 16.3. The third-order valence-electron chi connectivity index (χ3n) is 2.77. The number of carbonyl (C=O) groups is 4. The van der Waals surface area contributed by atoms with E-state index in [2.05, 4.69) is 0 Å². The molecule has 0 saturated heterocycles. The predicted molar refractivity (Wildman–Crippen MR) is 70.8 cm³/mol. The third kappa shape index (κ3) is 28.7. The Morgan fingerprint density at radius 3 is 0.783 bits per heavy atom. The molecule has 0 aromatic rings. The van der Waals surface area contributed by atoms with Crippen molar-refractivity contribution in [2.45, 2.75) is 70.6 Å². The van der Waals surface area contributed by atoms with Gasteiger partial charge in [0.15, 0.2) is 0 Å². The Labute approximate surface area is 135 Å². The minimum Gasteiger partial charge on any atom is -0.550 e. The van der Waals surface area contributed by atoms with Crippen LogP contribution < -0.4 is 20.4 Å². The standard InChI is InChI=1S/C9H16O4.C6H10O4/c10-8(11)6-4-2-1-3-5-7-9(12)13;7-5(8)3-1-2-4-6(9)10/h1-7H2,(H,10,11)(H,12,13);1-4H2,(H,7,8)(H,9,10)/p-4. The monoisotopic (exact) mass is 330 g/mol. The van der Waals surface area contributed by atoms with Gasteiger partial charge in [-0.25, -0.2) is 0 Å². The van der Waals surface area contributed by atoms with E-state index in [1.165, 1.54) is 0 Å². The number of carboxylic acids is 4. The Morgan fingerprint density at radius 1 is 0.391 bits per heavy atom. The summed E-state index contributed by atoms with van der Waals surface area (Å²) in [5.74, 6) is -4.32. The highest BCUT2D eigenvalue weighted by Crippen LogP contribution is 2.06. The molecule has 0 aromatic carbocycles. The maximum Gasteiger partial charge on any atom is 0.0414 e. The molecule has 0 aliphatic rings. The summed E-state index contributed by atoms with van der Waals surface area (Å²) in [5.41, 5.74) is 0. The molecular weight excluding hydrogens is 308 g/mol. The van der Waals surface area contributed by atoms with Gasteiger partial charge in [0.2, 0.25) is 0 Å². The quantitative estimate of drug-likeness (QED) is 0.329. The molecule has 0 spiro atoms. The number of carboxylic acid groups (broad SMARTS) is 4. The predicted octanol–water partition coefficient (Wildman–Crippen LogP) is -2.74. The van der Waals surface area contributed by atoms with Crippen LogP contribution in [0.5, 0.6) is 0 Å². The Balaban J connectivity index is 0. The summed E-state index contributed by atoms with van der Waals surface area (Å²) in [7, 11) is 0. The molecule has 0 fully saturated rings. The highest BCUT2D eigenvalue weighted by molar-refractivity contribution is 5.65. The first kappa shape index (κ1) is 23.2. The summed E-state index contributed by atoms with van der Waals surface area (Å²) in [6.45, 7) is 0. The number of aliphatic carboxylic acids is 4. The number of hydrogen-bond acceptors (Lipinski definition) is 8. The van der Waals surface area contributed by atoms with E-state index in [0.717, 1.165) is 19.3 Å². The van der Waals surface area contributed by atoms with E-state index in [0.29, 0.717) is 25.7 Å². The molecule has 0 heterocycles. The van der Waals surface area contributed by atoms with Gasteiger partial charge in [-0.2, -0.15) is 0 Å². The van der Waals surface area contributed by atoms with E-state index >= 15 is 0 Å². The van der Waals surface area contributed by atoms with Gasteiger partial charge in [-0.15, -0.1) is 0 Å². The van der Waals surface area contributed by atoms with E-state index < -0.39 is 23.9 Å². The summed E-state index contributed by atoms with van der Waals surface area (Å²) >= 11 is 0. The average molecular weight is 330 g/mol. The van der Waals surface area contributed by atoms with Crippen LogP contribution in [0.25, 0.3) is 0 Å². The van der Waals surface area contributed by atoms with Crippen LogP contribution in [0.2, 0.25) is 0 Å². The van der Waals surface area contributed by atoms with Crippen LogP contribution >= 0.6 is 0 Å². The fourth-order valence-corrected chi connectivity index (χ4v) is 1.61. The molecule has 0 bridgehead atoms. The van der Waals surface area contributed by atoms with Gasteiger partial charge in [0.05, 0.1) is 0 Å². The van der Waals surface area contributed by atoms with Gasteiger partial charge in [0.25, 0.3) is 0 Å². The lowest BCUT2D eigenvalue weighted by Crippen LogP contribution is -2.23. The first-order valence-corrected chi connectivity index (χ1v) is 7.55. The fourth-order valence-electron chi connectivity index (χ4n) is 1.61. The number of hydrogen-bond donors (Lipinski definition) is 0. The van der Waals surface area contributed by atoms with Gasteiger partial charge in [-0.05, 0) is 51.4 Å². The van der Waals surface area contributed by atoms with E-state index in [4.69, 9.17) is 0 Å². The molecule has 0 aliphatic heterocycles. The maximum absolute atomic E-state index is 9.98. The molecular formula is C15H22O8-4. The molecule has 8 nitrogen and oxygen atoms in total. The summed E-state index contributed by atoms with van der Waals surface area (Å²) in [6.07, 6.45) is 4.48. The second-order valence-electron chi connectivity index (χ2n) is 4.96. The van der Waals surface area contributed by atoms with Crippen LogP contribution in [0.4, 0.5) is 0 Å². The van der Waals surface area contributed by atoms with Crippen molar-refractivity contribution in [3.05, 3.63) is 0 Å². The van der Waals surface area contributed by atoms with E-state index in [9.17, 15) is 39.6 Å². The zero-order valence-electron chi connectivity index (χ0n) is 13.0. The van der Waals surface area contributed by atoms with Crippen molar-refractivity contribution in [2.75, 3.05) is 0 Å².